The minimum Gasteiger partial charge on any atom is -0.496 e. The lowest BCUT2D eigenvalue weighted by atomic mass is 9.92. The quantitative estimate of drug-likeness (QED) is 0.484. The standard InChI is InChI=1S/C23H22N4O3S/c1-29-20-9-3-2-6-15(20)14-27-19-8-4-7-17(16(19)13-24-27)25-23(28)18-12-21(30-26-18)22-10-5-11-31-22/h2-3,5-6,9-13,17H,4,7-8,14H2,1H3,(H,25,28). The molecule has 3 aromatic heterocycles. The number of hydrogen-bond acceptors (Lipinski definition) is 6. The molecule has 1 aliphatic carbocycles. The Morgan fingerprint density at radius 3 is 3.06 bits per heavy atom. The number of nitrogens with one attached hydrogen (secondary N) is 1. The number of aromatic nitrogens is 3. The van der Waals surface area contributed by atoms with Crippen molar-refractivity contribution in [2.75, 3.05) is 7.11 Å². The molecular weight excluding hydrogens is 412 g/mol. The highest BCUT2D eigenvalue weighted by atomic mass is 32.1. The van der Waals surface area contributed by atoms with Gasteiger partial charge in [0.1, 0.15) is 5.75 Å². The molecular formula is C23H22N4O3S. The predicted molar refractivity (Wildman–Crippen MR) is 117 cm³/mol. The first-order chi connectivity index (χ1) is 15.2. The van der Waals surface area contributed by atoms with Crippen molar-refractivity contribution in [1.82, 2.24) is 20.3 Å². The van der Waals surface area contributed by atoms with Crippen LogP contribution in [0.25, 0.3) is 10.6 Å². The second kappa shape index (κ2) is 8.39. The maximum Gasteiger partial charge on any atom is 0.273 e. The molecule has 0 fully saturated rings. The number of thiophene rings is 1. The average molecular weight is 435 g/mol. The Bertz CT molecular complexity index is 1200. The molecule has 1 aromatic carbocycles. The van der Waals surface area contributed by atoms with Crippen LogP contribution < -0.4 is 10.1 Å². The summed E-state index contributed by atoms with van der Waals surface area (Å²) in [5, 5.41) is 13.6. The number of ether oxygens (including phenoxy) is 1. The van der Waals surface area contributed by atoms with Crippen LogP contribution in [0.1, 0.15) is 46.2 Å². The largest absolute Gasteiger partial charge is 0.496 e. The summed E-state index contributed by atoms with van der Waals surface area (Å²) in [5.41, 5.74) is 3.58. The topological polar surface area (TPSA) is 82.2 Å². The van der Waals surface area contributed by atoms with E-state index in [9.17, 15) is 4.79 Å². The molecule has 1 amide bonds. The van der Waals surface area contributed by atoms with Gasteiger partial charge in [0.2, 0.25) is 0 Å². The van der Waals surface area contributed by atoms with Gasteiger partial charge in [-0.1, -0.05) is 29.4 Å². The molecule has 0 saturated carbocycles. The van der Waals surface area contributed by atoms with E-state index in [1.165, 1.54) is 0 Å². The molecule has 31 heavy (non-hydrogen) atoms. The summed E-state index contributed by atoms with van der Waals surface area (Å²) >= 11 is 1.55. The molecule has 1 aliphatic rings. The van der Waals surface area contributed by atoms with Crippen molar-refractivity contribution >= 4 is 17.2 Å². The zero-order valence-electron chi connectivity index (χ0n) is 17.1. The summed E-state index contributed by atoms with van der Waals surface area (Å²) in [6.45, 7) is 0.632. The van der Waals surface area contributed by atoms with E-state index < -0.39 is 0 Å². The van der Waals surface area contributed by atoms with Gasteiger partial charge in [0.05, 0.1) is 30.8 Å². The number of rotatable bonds is 6. The maximum atomic E-state index is 12.8. The minimum atomic E-state index is -0.234. The zero-order valence-corrected chi connectivity index (χ0v) is 17.9. The van der Waals surface area contributed by atoms with Crippen molar-refractivity contribution in [2.24, 2.45) is 0 Å². The monoisotopic (exact) mass is 434 g/mol. The molecule has 0 aliphatic heterocycles. The molecule has 1 unspecified atom stereocenters. The molecule has 0 saturated heterocycles. The highest BCUT2D eigenvalue weighted by Gasteiger charge is 2.27. The summed E-state index contributed by atoms with van der Waals surface area (Å²) in [6.07, 6.45) is 4.65. The normalized spacial score (nSPS) is 15.5. The maximum absolute atomic E-state index is 12.8. The van der Waals surface area contributed by atoms with E-state index in [4.69, 9.17) is 9.26 Å². The van der Waals surface area contributed by atoms with Gasteiger partial charge in [0.15, 0.2) is 11.5 Å². The molecule has 0 spiro atoms. The molecule has 0 bridgehead atoms. The van der Waals surface area contributed by atoms with Crippen molar-refractivity contribution in [3.05, 3.63) is 76.6 Å². The number of nitrogens with zero attached hydrogens (tertiary/aromatic N) is 3. The van der Waals surface area contributed by atoms with E-state index in [0.29, 0.717) is 12.3 Å². The van der Waals surface area contributed by atoms with Crippen molar-refractivity contribution in [3.8, 4) is 16.4 Å². The number of amides is 1. The second-order valence-electron chi connectivity index (χ2n) is 7.49. The van der Waals surface area contributed by atoms with E-state index >= 15 is 0 Å². The predicted octanol–water partition coefficient (Wildman–Crippen LogP) is 4.46. The van der Waals surface area contributed by atoms with Crippen LogP contribution in [0.5, 0.6) is 5.75 Å². The summed E-state index contributed by atoms with van der Waals surface area (Å²) in [7, 11) is 1.68. The van der Waals surface area contributed by atoms with Crippen molar-refractivity contribution < 1.29 is 14.1 Å². The van der Waals surface area contributed by atoms with Crippen LogP contribution in [-0.2, 0) is 13.0 Å². The number of carbonyl (C=O) groups excluding carboxylic acids is 1. The molecule has 3 heterocycles. The highest BCUT2D eigenvalue weighted by molar-refractivity contribution is 7.13. The third-order valence-electron chi connectivity index (χ3n) is 5.59. The molecule has 7 nitrogen and oxygen atoms in total. The van der Waals surface area contributed by atoms with Crippen LogP contribution in [-0.4, -0.2) is 28.0 Å². The van der Waals surface area contributed by atoms with Crippen molar-refractivity contribution in [2.45, 2.75) is 31.8 Å². The zero-order chi connectivity index (χ0) is 21.2. The summed E-state index contributed by atoms with van der Waals surface area (Å²) < 4.78 is 12.8. The van der Waals surface area contributed by atoms with Crippen LogP contribution >= 0.6 is 11.3 Å². The molecule has 8 heteroatoms. The van der Waals surface area contributed by atoms with E-state index in [1.807, 2.05) is 52.7 Å². The number of carbonyl (C=O) groups is 1. The van der Waals surface area contributed by atoms with Crippen LogP contribution in [0.3, 0.4) is 0 Å². The molecule has 158 valence electrons. The fourth-order valence-corrected chi connectivity index (χ4v) is 4.72. The average Bonchev–Trinajstić information content (AvgIpc) is 3.55. The van der Waals surface area contributed by atoms with Gasteiger partial charge >= 0.3 is 0 Å². The van der Waals surface area contributed by atoms with Crippen LogP contribution in [0.2, 0.25) is 0 Å². The molecule has 4 aromatic rings. The SMILES string of the molecule is COc1ccccc1Cn1ncc2c1CCCC2NC(=O)c1cc(-c2cccs2)on1. The second-order valence-corrected chi connectivity index (χ2v) is 8.44. The van der Waals surface area contributed by atoms with Gasteiger partial charge in [-0.2, -0.15) is 5.10 Å². The molecule has 0 radical (unpaired) electrons. The van der Waals surface area contributed by atoms with Gasteiger partial charge in [-0.05, 0) is 36.8 Å². The summed E-state index contributed by atoms with van der Waals surface area (Å²) in [6, 6.07) is 13.4. The van der Waals surface area contributed by atoms with E-state index in [0.717, 1.165) is 46.7 Å². The van der Waals surface area contributed by atoms with Crippen LogP contribution in [0, 0.1) is 0 Å². The first-order valence-electron chi connectivity index (χ1n) is 10.2. The van der Waals surface area contributed by atoms with Gasteiger partial charge in [-0.3, -0.25) is 9.48 Å². The van der Waals surface area contributed by atoms with Crippen molar-refractivity contribution in [3.63, 3.8) is 0 Å². The van der Waals surface area contributed by atoms with E-state index in [1.54, 1.807) is 24.5 Å². The lowest BCUT2D eigenvalue weighted by molar-refractivity contribution is 0.0923. The summed E-state index contributed by atoms with van der Waals surface area (Å²) in [4.78, 5) is 13.8. The Kier molecular flexibility index (Phi) is 5.30. The number of hydrogen-bond donors (Lipinski definition) is 1. The van der Waals surface area contributed by atoms with Crippen LogP contribution in [0.15, 0.2) is 58.6 Å². The molecule has 5 rings (SSSR count). The number of methoxy groups -OCH3 is 1. The fourth-order valence-electron chi connectivity index (χ4n) is 4.05. The third-order valence-corrected chi connectivity index (χ3v) is 6.47. The highest BCUT2D eigenvalue weighted by Crippen LogP contribution is 2.31. The van der Waals surface area contributed by atoms with E-state index in [2.05, 4.69) is 15.6 Å². The lowest BCUT2D eigenvalue weighted by Gasteiger charge is -2.24. The first kappa shape index (κ1) is 19.6. The fraction of sp³-hybridized carbons (Fsp3) is 0.261. The van der Waals surface area contributed by atoms with Gasteiger partial charge in [-0.15, -0.1) is 11.3 Å². The Morgan fingerprint density at radius 2 is 2.23 bits per heavy atom. The van der Waals surface area contributed by atoms with Crippen LogP contribution in [0.4, 0.5) is 0 Å². The number of fused-ring (bicyclic) bond motifs is 1. The van der Waals surface area contributed by atoms with Crippen molar-refractivity contribution in [1.29, 1.82) is 0 Å². The minimum absolute atomic E-state index is 0.0930. The number of benzene rings is 1. The Labute approximate surface area is 183 Å². The Balaban J connectivity index is 1.33. The molecule has 1 N–H and O–H groups in total. The first-order valence-corrected chi connectivity index (χ1v) is 11.1. The van der Waals surface area contributed by atoms with Gasteiger partial charge in [0, 0.05) is 22.9 Å². The smallest absolute Gasteiger partial charge is 0.273 e. The van der Waals surface area contributed by atoms with E-state index in [-0.39, 0.29) is 17.6 Å². The number of para-hydroxylation sites is 1. The summed E-state index contributed by atoms with van der Waals surface area (Å²) in [5.74, 6) is 1.22. The Morgan fingerprint density at radius 1 is 1.32 bits per heavy atom. The third kappa shape index (κ3) is 3.86. The van der Waals surface area contributed by atoms with Gasteiger partial charge in [0.25, 0.3) is 5.91 Å². The lowest BCUT2D eigenvalue weighted by Crippen LogP contribution is -2.31. The van der Waals surface area contributed by atoms with Gasteiger partial charge in [-0.25, -0.2) is 0 Å². The van der Waals surface area contributed by atoms with Gasteiger partial charge < -0.3 is 14.6 Å². The Hall–Kier alpha value is -3.39. The molecule has 1 atom stereocenters.